The second-order valence-electron chi connectivity index (χ2n) is 7.01. The first-order chi connectivity index (χ1) is 15.0. The first-order valence-corrected chi connectivity index (χ1v) is 9.94. The topological polar surface area (TPSA) is 90.1 Å². The molecule has 4 rings (SSSR count). The first-order valence-electron chi connectivity index (χ1n) is 9.94. The number of halogens is 1. The number of hydrogen-bond donors (Lipinski definition) is 1. The zero-order valence-corrected chi connectivity index (χ0v) is 17.1. The predicted molar refractivity (Wildman–Crippen MR) is 113 cm³/mol. The van der Waals surface area contributed by atoms with Crippen LogP contribution in [0.15, 0.2) is 59.1 Å². The summed E-state index contributed by atoms with van der Waals surface area (Å²) in [6, 6.07) is 15.3. The van der Waals surface area contributed by atoms with Crippen LogP contribution >= 0.6 is 0 Å². The molecule has 158 valence electrons. The number of fused-ring (bicyclic) bond motifs is 1. The van der Waals surface area contributed by atoms with Crippen LogP contribution in [0.5, 0.6) is 5.88 Å². The lowest BCUT2D eigenvalue weighted by Gasteiger charge is -2.14. The van der Waals surface area contributed by atoms with Crippen molar-refractivity contribution in [3.05, 3.63) is 71.8 Å². The molecule has 0 saturated carbocycles. The molecule has 0 fully saturated rings. The van der Waals surface area contributed by atoms with Gasteiger partial charge in [0.15, 0.2) is 6.61 Å². The average molecular weight is 420 g/mol. The molecule has 0 aliphatic carbocycles. The molecule has 7 nitrogen and oxygen atoms in total. The van der Waals surface area contributed by atoms with E-state index in [1.807, 2.05) is 44.2 Å². The third-order valence-corrected chi connectivity index (χ3v) is 4.80. The van der Waals surface area contributed by atoms with E-state index < -0.39 is 0 Å². The zero-order chi connectivity index (χ0) is 21.8. The van der Waals surface area contributed by atoms with Gasteiger partial charge in [-0.25, -0.2) is 4.39 Å². The van der Waals surface area contributed by atoms with Crippen molar-refractivity contribution in [2.45, 2.75) is 26.3 Å². The van der Waals surface area contributed by atoms with E-state index >= 15 is 0 Å². The molecule has 4 aromatic rings. The van der Waals surface area contributed by atoms with Crippen LogP contribution in [0.25, 0.3) is 22.4 Å². The summed E-state index contributed by atoms with van der Waals surface area (Å²) in [7, 11) is 0. The maximum Gasteiger partial charge on any atom is 0.265 e. The molecule has 0 bridgehead atoms. The molecule has 31 heavy (non-hydrogen) atoms. The predicted octanol–water partition coefficient (Wildman–Crippen LogP) is 4.24. The Balaban J connectivity index is 1.58. The Morgan fingerprint density at radius 1 is 1.13 bits per heavy atom. The fraction of sp³-hybridized carbons (Fsp3) is 0.217. The Bertz CT molecular complexity index is 1190. The molecule has 0 aliphatic rings. The van der Waals surface area contributed by atoms with Crippen LogP contribution in [-0.2, 0) is 11.2 Å². The van der Waals surface area contributed by atoms with Crippen molar-refractivity contribution in [3.8, 4) is 17.1 Å². The van der Waals surface area contributed by atoms with Crippen LogP contribution in [-0.4, -0.2) is 27.6 Å². The Kier molecular flexibility index (Phi) is 5.88. The minimum atomic E-state index is -0.359. The highest BCUT2D eigenvalue weighted by Crippen LogP contribution is 2.33. The number of nitrogens with one attached hydrogen (secondary N) is 1. The highest BCUT2D eigenvalue weighted by molar-refractivity contribution is 5.93. The number of amides is 1. The van der Waals surface area contributed by atoms with Gasteiger partial charge in [-0.15, -0.1) is 0 Å². The summed E-state index contributed by atoms with van der Waals surface area (Å²) in [5.74, 6) is 0.0509. The summed E-state index contributed by atoms with van der Waals surface area (Å²) in [5, 5.41) is 7.41. The number of aromatic nitrogens is 3. The quantitative estimate of drug-likeness (QED) is 0.481. The number of carbonyl (C=O) groups excluding carboxylic acids is 1. The van der Waals surface area contributed by atoms with E-state index in [9.17, 15) is 9.18 Å². The van der Waals surface area contributed by atoms with E-state index in [0.717, 1.165) is 5.56 Å². The van der Waals surface area contributed by atoms with Crippen LogP contribution in [0.3, 0.4) is 0 Å². The molecule has 2 aromatic carbocycles. The minimum absolute atomic E-state index is 0.167. The Hall–Kier alpha value is -3.81. The minimum Gasteiger partial charge on any atom is -0.467 e. The molecule has 1 N–H and O–H groups in total. The second kappa shape index (κ2) is 8.91. The normalized spacial score (nSPS) is 12.0. The lowest BCUT2D eigenvalue weighted by molar-refractivity contribution is -0.123. The van der Waals surface area contributed by atoms with Crippen molar-refractivity contribution in [1.29, 1.82) is 0 Å². The largest absolute Gasteiger partial charge is 0.467 e. The highest BCUT2D eigenvalue weighted by atomic mass is 19.1. The van der Waals surface area contributed by atoms with Crippen molar-refractivity contribution in [2.75, 3.05) is 6.61 Å². The van der Waals surface area contributed by atoms with Gasteiger partial charge < -0.3 is 14.6 Å². The monoisotopic (exact) mass is 420 g/mol. The molecule has 1 atom stereocenters. The highest BCUT2D eigenvalue weighted by Gasteiger charge is 2.21. The average Bonchev–Trinajstić information content (AvgIpc) is 3.22. The molecule has 2 aromatic heterocycles. The molecule has 0 radical (unpaired) electrons. The maximum atomic E-state index is 13.3. The van der Waals surface area contributed by atoms with Gasteiger partial charge in [0.2, 0.25) is 5.88 Å². The van der Waals surface area contributed by atoms with Crippen LogP contribution in [0, 0.1) is 5.82 Å². The van der Waals surface area contributed by atoms with Gasteiger partial charge in [-0.1, -0.05) is 42.4 Å². The summed E-state index contributed by atoms with van der Waals surface area (Å²) >= 11 is 0. The number of aryl methyl sites for hydroxylation is 1. The molecular formula is C23H21FN4O3. The van der Waals surface area contributed by atoms with Crippen LogP contribution in [0.1, 0.15) is 31.3 Å². The summed E-state index contributed by atoms with van der Waals surface area (Å²) in [6.45, 7) is 3.56. The number of hydrogen-bond acceptors (Lipinski definition) is 6. The molecule has 0 spiro atoms. The SMILES string of the molecule is CCc1nc(OCC(=O)N[C@@H](C)c2ccccc2)c2c(-c3ccc(F)cc3)noc2n1. The van der Waals surface area contributed by atoms with Crippen LogP contribution in [0.2, 0.25) is 0 Å². The van der Waals surface area contributed by atoms with E-state index in [4.69, 9.17) is 9.26 Å². The molecule has 0 unspecified atom stereocenters. The van der Waals surface area contributed by atoms with Gasteiger partial charge in [0.25, 0.3) is 11.6 Å². The van der Waals surface area contributed by atoms with Crippen molar-refractivity contribution in [3.63, 3.8) is 0 Å². The van der Waals surface area contributed by atoms with E-state index in [1.165, 1.54) is 12.1 Å². The Labute approximate surface area is 178 Å². The van der Waals surface area contributed by atoms with Crippen LogP contribution in [0.4, 0.5) is 4.39 Å². The van der Waals surface area contributed by atoms with Crippen molar-refractivity contribution < 1.29 is 18.4 Å². The van der Waals surface area contributed by atoms with Crippen molar-refractivity contribution in [2.24, 2.45) is 0 Å². The third-order valence-electron chi connectivity index (χ3n) is 4.80. The summed E-state index contributed by atoms with van der Waals surface area (Å²) in [5.41, 5.74) is 2.29. The zero-order valence-electron chi connectivity index (χ0n) is 17.1. The van der Waals surface area contributed by atoms with E-state index in [-0.39, 0.29) is 36.0 Å². The molecule has 2 heterocycles. The fourth-order valence-electron chi connectivity index (χ4n) is 3.18. The fourth-order valence-corrected chi connectivity index (χ4v) is 3.18. The Morgan fingerprint density at radius 2 is 1.87 bits per heavy atom. The number of rotatable bonds is 7. The second-order valence-corrected chi connectivity index (χ2v) is 7.01. The summed E-state index contributed by atoms with van der Waals surface area (Å²) in [6.07, 6.45) is 0.552. The van der Waals surface area contributed by atoms with E-state index in [2.05, 4.69) is 20.4 Å². The van der Waals surface area contributed by atoms with Crippen molar-refractivity contribution in [1.82, 2.24) is 20.4 Å². The smallest absolute Gasteiger partial charge is 0.265 e. The lowest BCUT2D eigenvalue weighted by atomic mass is 10.1. The van der Waals surface area contributed by atoms with Crippen molar-refractivity contribution >= 4 is 17.0 Å². The number of carbonyl (C=O) groups is 1. The molecular weight excluding hydrogens is 399 g/mol. The van der Waals surface area contributed by atoms with Gasteiger partial charge >= 0.3 is 0 Å². The van der Waals surface area contributed by atoms with Gasteiger partial charge in [0, 0.05) is 12.0 Å². The van der Waals surface area contributed by atoms with Gasteiger partial charge in [-0.3, -0.25) is 4.79 Å². The van der Waals surface area contributed by atoms with E-state index in [1.54, 1.807) is 12.1 Å². The summed E-state index contributed by atoms with van der Waals surface area (Å²) in [4.78, 5) is 21.2. The van der Waals surface area contributed by atoms with Gasteiger partial charge in [-0.05, 0) is 36.8 Å². The number of ether oxygens (including phenoxy) is 1. The number of benzene rings is 2. The lowest BCUT2D eigenvalue weighted by Crippen LogP contribution is -2.31. The summed E-state index contributed by atoms with van der Waals surface area (Å²) < 4.78 is 24.5. The van der Waals surface area contributed by atoms with Crippen LogP contribution < -0.4 is 10.1 Å². The molecule has 0 saturated heterocycles. The van der Waals surface area contributed by atoms with Gasteiger partial charge in [0.1, 0.15) is 22.7 Å². The van der Waals surface area contributed by atoms with E-state index in [0.29, 0.717) is 28.9 Å². The third kappa shape index (κ3) is 4.53. The molecule has 8 heteroatoms. The molecule has 1 amide bonds. The van der Waals surface area contributed by atoms with Gasteiger partial charge in [0.05, 0.1) is 6.04 Å². The molecule has 0 aliphatic heterocycles. The Morgan fingerprint density at radius 3 is 2.58 bits per heavy atom. The standard InChI is InChI=1S/C23H21FN4O3/c1-3-18-26-22(30-13-19(29)25-14(2)15-7-5-4-6-8-15)20-21(28-31-23(20)27-18)16-9-11-17(24)12-10-16/h4-12,14H,3,13H2,1-2H3,(H,25,29)/t14-/m0/s1. The number of nitrogens with zero attached hydrogens (tertiary/aromatic N) is 3. The first kappa shape index (κ1) is 20.5. The maximum absolute atomic E-state index is 13.3. The van der Waals surface area contributed by atoms with Gasteiger partial charge in [-0.2, -0.15) is 9.97 Å².